The summed E-state index contributed by atoms with van der Waals surface area (Å²) in [6, 6.07) is 4.85. The number of hydrogen-bond donors (Lipinski definition) is 2. The fraction of sp³-hybridized carbons (Fsp3) is 0.500. The van der Waals surface area contributed by atoms with Gasteiger partial charge in [0.15, 0.2) is 0 Å². The molecule has 2 N–H and O–H groups in total. The van der Waals surface area contributed by atoms with E-state index in [2.05, 4.69) is 5.32 Å². The van der Waals surface area contributed by atoms with Crippen molar-refractivity contribution in [3.8, 4) is 0 Å². The number of amides is 2. The van der Waals surface area contributed by atoms with Crippen molar-refractivity contribution in [2.45, 2.75) is 44.9 Å². The number of hydrogen-bond acceptors (Lipinski definition) is 4. The molecule has 0 saturated carbocycles. The molecule has 1 aliphatic heterocycles. The Labute approximate surface area is 134 Å². The molecule has 126 valence electrons. The second-order valence-electron chi connectivity index (χ2n) is 6.51. The number of para-hydroxylation sites is 1. The summed E-state index contributed by atoms with van der Waals surface area (Å²) in [5.74, 6) is -1.12. The van der Waals surface area contributed by atoms with Gasteiger partial charge in [0.2, 0.25) is 5.91 Å². The standard InChI is InChI=1S/C16H21FN2O4/c1-16(2,3)23-15(22)19-9-10(20)8-13(19)14(21)18-12-7-5-4-6-11(12)17/h4-7,10,13,20H,8-9H2,1-3H3,(H,18,21)/t10-,13-/m0/s1. The molecule has 1 aliphatic rings. The fourth-order valence-electron chi connectivity index (χ4n) is 2.36. The fourth-order valence-corrected chi connectivity index (χ4v) is 2.36. The highest BCUT2D eigenvalue weighted by Crippen LogP contribution is 2.23. The van der Waals surface area contributed by atoms with Crippen molar-refractivity contribution < 1.29 is 23.8 Å². The maximum Gasteiger partial charge on any atom is 0.411 e. The largest absolute Gasteiger partial charge is 0.444 e. The van der Waals surface area contributed by atoms with Crippen molar-refractivity contribution >= 4 is 17.7 Å². The molecule has 0 unspecified atom stereocenters. The van der Waals surface area contributed by atoms with Crippen LogP contribution < -0.4 is 5.32 Å². The maximum atomic E-state index is 13.6. The van der Waals surface area contributed by atoms with E-state index in [4.69, 9.17) is 4.74 Å². The molecule has 1 aromatic rings. The molecule has 7 heteroatoms. The number of aliphatic hydroxyl groups is 1. The number of likely N-dealkylation sites (tertiary alicyclic amines) is 1. The number of carbonyl (C=O) groups excluding carboxylic acids is 2. The van der Waals surface area contributed by atoms with Crippen LogP contribution >= 0.6 is 0 Å². The molecule has 0 radical (unpaired) electrons. The molecule has 2 amide bonds. The Balaban J connectivity index is 2.11. The van der Waals surface area contributed by atoms with Crippen LogP contribution in [0.15, 0.2) is 24.3 Å². The van der Waals surface area contributed by atoms with Crippen LogP contribution in [-0.4, -0.2) is 46.3 Å². The summed E-state index contributed by atoms with van der Waals surface area (Å²) < 4.78 is 18.9. The smallest absolute Gasteiger partial charge is 0.411 e. The molecule has 2 atom stereocenters. The number of aliphatic hydroxyl groups excluding tert-OH is 1. The minimum Gasteiger partial charge on any atom is -0.444 e. The molecule has 1 aromatic carbocycles. The van der Waals surface area contributed by atoms with Crippen LogP contribution in [0.5, 0.6) is 0 Å². The Hall–Kier alpha value is -2.15. The summed E-state index contributed by atoms with van der Waals surface area (Å²) in [6.45, 7) is 5.15. The van der Waals surface area contributed by atoms with Crippen molar-refractivity contribution in [1.82, 2.24) is 4.90 Å². The highest BCUT2D eigenvalue weighted by Gasteiger charge is 2.41. The lowest BCUT2D eigenvalue weighted by molar-refractivity contribution is -0.120. The first kappa shape index (κ1) is 17.2. The number of benzene rings is 1. The highest BCUT2D eigenvalue weighted by atomic mass is 19.1. The number of β-amino-alcohol motifs (C(OH)–C–C–N with tert-alkyl or cyclic N) is 1. The molecular formula is C16H21FN2O4. The van der Waals surface area contributed by atoms with Gasteiger partial charge in [-0.05, 0) is 32.9 Å². The maximum absolute atomic E-state index is 13.6. The van der Waals surface area contributed by atoms with Crippen LogP contribution in [-0.2, 0) is 9.53 Å². The van der Waals surface area contributed by atoms with Gasteiger partial charge in [0, 0.05) is 6.42 Å². The number of nitrogens with zero attached hydrogens (tertiary/aromatic N) is 1. The van der Waals surface area contributed by atoms with Gasteiger partial charge in [0.1, 0.15) is 17.5 Å². The third-order valence-electron chi connectivity index (χ3n) is 3.34. The zero-order valence-electron chi connectivity index (χ0n) is 13.4. The number of anilines is 1. The Kier molecular flexibility index (Phi) is 4.89. The predicted octanol–water partition coefficient (Wildman–Crippen LogP) is 2.13. The van der Waals surface area contributed by atoms with E-state index >= 15 is 0 Å². The van der Waals surface area contributed by atoms with E-state index in [9.17, 15) is 19.1 Å². The zero-order valence-corrected chi connectivity index (χ0v) is 13.4. The van der Waals surface area contributed by atoms with Gasteiger partial charge in [-0.1, -0.05) is 12.1 Å². The van der Waals surface area contributed by atoms with Crippen molar-refractivity contribution in [2.75, 3.05) is 11.9 Å². The lowest BCUT2D eigenvalue weighted by atomic mass is 10.1. The van der Waals surface area contributed by atoms with E-state index in [1.807, 2.05) is 0 Å². The second-order valence-corrected chi connectivity index (χ2v) is 6.51. The molecule has 0 spiro atoms. The van der Waals surface area contributed by atoms with Gasteiger partial charge < -0.3 is 15.2 Å². The molecule has 1 heterocycles. The van der Waals surface area contributed by atoms with E-state index in [0.717, 1.165) is 0 Å². The van der Waals surface area contributed by atoms with Gasteiger partial charge in [-0.25, -0.2) is 9.18 Å². The first-order valence-corrected chi connectivity index (χ1v) is 7.40. The topological polar surface area (TPSA) is 78.9 Å². The average molecular weight is 324 g/mol. The van der Waals surface area contributed by atoms with E-state index in [0.29, 0.717) is 0 Å². The Morgan fingerprint density at radius 1 is 1.35 bits per heavy atom. The highest BCUT2D eigenvalue weighted by molar-refractivity contribution is 5.97. The van der Waals surface area contributed by atoms with Crippen molar-refractivity contribution in [1.29, 1.82) is 0 Å². The lowest BCUT2D eigenvalue weighted by Gasteiger charge is -2.27. The van der Waals surface area contributed by atoms with Gasteiger partial charge >= 0.3 is 6.09 Å². The summed E-state index contributed by atoms with van der Waals surface area (Å²) in [6.07, 6.45) is -1.42. The second kappa shape index (κ2) is 6.54. The van der Waals surface area contributed by atoms with Gasteiger partial charge in [0.05, 0.1) is 18.3 Å². The molecule has 23 heavy (non-hydrogen) atoms. The molecule has 1 saturated heterocycles. The Morgan fingerprint density at radius 2 is 2.00 bits per heavy atom. The number of ether oxygens (including phenoxy) is 1. The lowest BCUT2D eigenvalue weighted by Crippen LogP contribution is -2.45. The van der Waals surface area contributed by atoms with Gasteiger partial charge in [0.25, 0.3) is 0 Å². The van der Waals surface area contributed by atoms with Crippen molar-refractivity contribution in [2.24, 2.45) is 0 Å². The molecule has 0 aliphatic carbocycles. The van der Waals surface area contributed by atoms with Crippen molar-refractivity contribution in [3.05, 3.63) is 30.1 Å². The third-order valence-corrected chi connectivity index (χ3v) is 3.34. The molecule has 0 aromatic heterocycles. The summed E-state index contributed by atoms with van der Waals surface area (Å²) in [5, 5.41) is 12.2. The molecular weight excluding hydrogens is 303 g/mol. The van der Waals surface area contributed by atoms with Crippen LogP contribution in [0.4, 0.5) is 14.9 Å². The van der Waals surface area contributed by atoms with Gasteiger partial charge in [-0.3, -0.25) is 9.69 Å². The van der Waals surface area contributed by atoms with Crippen LogP contribution in [0.25, 0.3) is 0 Å². The summed E-state index contributed by atoms with van der Waals surface area (Å²) in [7, 11) is 0. The number of nitrogens with one attached hydrogen (secondary N) is 1. The van der Waals surface area contributed by atoms with E-state index in [1.165, 1.54) is 23.1 Å². The van der Waals surface area contributed by atoms with Gasteiger partial charge in [-0.15, -0.1) is 0 Å². The molecule has 6 nitrogen and oxygen atoms in total. The van der Waals surface area contributed by atoms with Gasteiger partial charge in [-0.2, -0.15) is 0 Å². The number of halogens is 1. The summed E-state index contributed by atoms with van der Waals surface area (Å²) in [5.41, 5.74) is -0.681. The van der Waals surface area contributed by atoms with E-state index < -0.39 is 35.6 Å². The molecule has 2 rings (SSSR count). The number of carbonyl (C=O) groups is 2. The van der Waals surface area contributed by atoms with Crippen molar-refractivity contribution in [3.63, 3.8) is 0 Å². The first-order valence-electron chi connectivity index (χ1n) is 7.40. The van der Waals surface area contributed by atoms with E-state index in [-0.39, 0.29) is 18.7 Å². The summed E-state index contributed by atoms with van der Waals surface area (Å²) >= 11 is 0. The quantitative estimate of drug-likeness (QED) is 0.873. The van der Waals surface area contributed by atoms with Crippen LogP contribution in [0.1, 0.15) is 27.2 Å². The normalized spacial score (nSPS) is 21.2. The summed E-state index contributed by atoms with van der Waals surface area (Å²) in [4.78, 5) is 25.7. The minimum atomic E-state index is -0.903. The molecule has 0 bridgehead atoms. The van der Waals surface area contributed by atoms with Crippen LogP contribution in [0, 0.1) is 5.82 Å². The molecule has 1 fully saturated rings. The van der Waals surface area contributed by atoms with Crippen LogP contribution in [0.2, 0.25) is 0 Å². The monoisotopic (exact) mass is 324 g/mol. The average Bonchev–Trinajstić information content (AvgIpc) is 2.82. The predicted molar refractivity (Wildman–Crippen MR) is 82.4 cm³/mol. The minimum absolute atomic E-state index is 0.00424. The van der Waals surface area contributed by atoms with E-state index in [1.54, 1.807) is 26.8 Å². The number of rotatable bonds is 2. The Morgan fingerprint density at radius 3 is 2.61 bits per heavy atom. The van der Waals surface area contributed by atoms with Crippen LogP contribution in [0.3, 0.4) is 0 Å². The third kappa shape index (κ3) is 4.41. The Bertz CT molecular complexity index is 600. The first-order chi connectivity index (χ1) is 10.7. The zero-order chi connectivity index (χ0) is 17.2. The SMILES string of the molecule is CC(C)(C)OC(=O)N1C[C@@H](O)C[C@H]1C(=O)Nc1ccccc1F.